The van der Waals surface area contributed by atoms with E-state index in [4.69, 9.17) is 34.4 Å². The van der Waals surface area contributed by atoms with Crippen molar-refractivity contribution in [1.29, 1.82) is 0 Å². The topological polar surface area (TPSA) is 38.3 Å². The highest BCUT2D eigenvalue weighted by molar-refractivity contribution is 6.30. The van der Waals surface area contributed by atoms with Crippen LogP contribution in [0.15, 0.2) is 18.2 Å². The lowest BCUT2D eigenvalue weighted by atomic mass is 10.2. The molecule has 1 aromatic carbocycles. The Labute approximate surface area is 110 Å². The Kier molecular flexibility index (Phi) is 5.68. The molecule has 17 heavy (non-hydrogen) atoms. The fourth-order valence-corrected chi connectivity index (χ4v) is 1.48. The summed E-state index contributed by atoms with van der Waals surface area (Å²) < 4.78 is 5.33. The summed E-state index contributed by atoms with van der Waals surface area (Å²) in [4.78, 5) is 11.0. The Morgan fingerprint density at radius 3 is 2.94 bits per heavy atom. The summed E-state index contributed by atoms with van der Waals surface area (Å²) in [5.41, 5.74) is 0.756. The van der Waals surface area contributed by atoms with Crippen molar-refractivity contribution in [2.75, 3.05) is 12.5 Å². The van der Waals surface area contributed by atoms with Crippen molar-refractivity contribution in [3.05, 3.63) is 28.8 Å². The molecule has 1 aromatic rings. The van der Waals surface area contributed by atoms with Crippen molar-refractivity contribution in [1.82, 2.24) is 5.32 Å². The zero-order valence-corrected chi connectivity index (χ0v) is 10.5. The van der Waals surface area contributed by atoms with Gasteiger partial charge in [-0.1, -0.05) is 17.5 Å². The monoisotopic (exact) mass is 271 g/mol. The van der Waals surface area contributed by atoms with Crippen LogP contribution in [-0.2, 0) is 11.3 Å². The number of alkyl halides is 1. The van der Waals surface area contributed by atoms with E-state index in [2.05, 4.69) is 11.2 Å². The molecule has 0 aliphatic rings. The Bertz CT molecular complexity index is 441. The molecule has 0 aromatic heterocycles. The Balaban J connectivity index is 2.76. The maximum absolute atomic E-state index is 11.0. The van der Waals surface area contributed by atoms with Crippen LogP contribution in [0.4, 0.5) is 0 Å². The van der Waals surface area contributed by atoms with Gasteiger partial charge in [0.2, 0.25) is 5.91 Å². The van der Waals surface area contributed by atoms with Gasteiger partial charge in [-0.25, -0.2) is 0 Å². The number of carbonyl (C=O) groups excluding carboxylic acids is 1. The van der Waals surface area contributed by atoms with Crippen LogP contribution >= 0.6 is 23.2 Å². The second-order valence-corrected chi connectivity index (χ2v) is 3.86. The predicted octanol–water partition coefficient (Wildman–Crippen LogP) is 2.21. The third-order valence-corrected chi connectivity index (χ3v) is 2.41. The van der Waals surface area contributed by atoms with Crippen molar-refractivity contribution < 1.29 is 9.53 Å². The minimum absolute atomic E-state index is 0.0822. The van der Waals surface area contributed by atoms with Crippen molar-refractivity contribution in [2.24, 2.45) is 0 Å². The number of halogens is 2. The molecular weight excluding hydrogens is 261 g/mol. The summed E-state index contributed by atoms with van der Waals surface area (Å²) in [6, 6.07) is 5.12. The highest BCUT2D eigenvalue weighted by Crippen LogP contribution is 2.22. The first-order valence-electron chi connectivity index (χ1n) is 4.84. The van der Waals surface area contributed by atoms with E-state index in [-0.39, 0.29) is 18.4 Å². The van der Waals surface area contributed by atoms with Crippen LogP contribution in [0.3, 0.4) is 0 Å². The van der Waals surface area contributed by atoms with Gasteiger partial charge in [0, 0.05) is 17.1 Å². The summed E-state index contributed by atoms with van der Waals surface area (Å²) in [6.45, 7) is 0.462. The molecule has 1 rings (SSSR count). The van der Waals surface area contributed by atoms with Crippen LogP contribution in [-0.4, -0.2) is 18.4 Å². The SMILES string of the molecule is C#CCOc1ccc(Cl)cc1CNC(=O)CCl. The minimum Gasteiger partial charge on any atom is -0.481 e. The zero-order valence-electron chi connectivity index (χ0n) is 9.00. The molecule has 3 nitrogen and oxygen atoms in total. The average Bonchev–Trinajstić information content (AvgIpc) is 2.34. The van der Waals surface area contributed by atoms with Crippen LogP contribution in [0.2, 0.25) is 5.02 Å². The normalized spacial score (nSPS) is 9.47. The second-order valence-electron chi connectivity index (χ2n) is 3.16. The van der Waals surface area contributed by atoms with Crippen LogP contribution in [0, 0.1) is 12.3 Å². The van der Waals surface area contributed by atoms with Gasteiger partial charge in [0.15, 0.2) is 0 Å². The lowest BCUT2D eigenvalue weighted by Crippen LogP contribution is -2.24. The highest BCUT2D eigenvalue weighted by atomic mass is 35.5. The first kappa shape index (κ1) is 13.7. The standard InChI is InChI=1S/C12H11Cl2NO2/c1-2-5-17-11-4-3-10(14)6-9(11)8-15-12(16)7-13/h1,3-4,6H,5,7-8H2,(H,15,16). The molecule has 0 saturated heterocycles. The Hall–Kier alpha value is -1.37. The summed E-state index contributed by atoms with van der Waals surface area (Å²) in [5.74, 6) is 2.63. The molecule has 0 saturated carbocycles. The van der Waals surface area contributed by atoms with Gasteiger partial charge >= 0.3 is 0 Å². The van der Waals surface area contributed by atoms with Crippen molar-refractivity contribution in [3.8, 4) is 18.1 Å². The van der Waals surface area contributed by atoms with Crippen LogP contribution in [0.5, 0.6) is 5.75 Å². The van der Waals surface area contributed by atoms with E-state index < -0.39 is 0 Å². The van der Waals surface area contributed by atoms with Gasteiger partial charge in [-0.15, -0.1) is 18.0 Å². The molecule has 0 bridgehead atoms. The van der Waals surface area contributed by atoms with E-state index in [1.54, 1.807) is 18.2 Å². The Morgan fingerprint density at radius 2 is 2.29 bits per heavy atom. The molecule has 1 amide bonds. The maximum Gasteiger partial charge on any atom is 0.235 e. The van der Waals surface area contributed by atoms with Gasteiger partial charge in [-0.2, -0.15) is 0 Å². The fraction of sp³-hybridized carbons (Fsp3) is 0.250. The lowest BCUT2D eigenvalue weighted by Gasteiger charge is -2.10. The summed E-state index contributed by atoms with van der Waals surface area (Å²) in [7, 11) is 0. The first-order valence-corrected chi connectivity index (χ1v) is 5.76. The largest absolute Gasteiger partial charge is 0.481 e. The molecule has 0 aliphatic heterocycles. The summed E-state index contributed by atoms with van der Waals surface area (Å²) in [6.07, 6.45) is 5.11. The molecule has 0 radical (unpaired) electrons. The molecule has 0 spiro atoms. The molecule has 0 fully saturated rings. The van der Waals surface area contributed by atoms with Crippen molar-refractivity contribution in [3.63, 3.8) is 0 Å². The van der Waals surface area contributed by atoms with E-state index >= 15 is 0 Å². The van der Waals surface area contributed by atoms with Crippen molar-refractivity contribution >= 4 is 29.1 Å². The van der Waals surface area contributed by atoms with Crippen LogP contribution in [0.1, 0.15) is 5.56 Å². The number of amides is 1. The molecule has 1 N–H and O–H groups in total. The fourth-order valence-electron chi connectivity index (χ4n) is 1.19. The van der Waals surface area contributed by atoms with Gasteiger partial charge in [0.05, 0.1) is 0 Å². The number of carbonyl (C=O) groups is 1. The third-order valence-electron chi connectivity index (χ3n) is 1.93. The first-order chi connectivity index (χ1) is 8.17. The van der Waals surface area contributed by atoms with Crippen molar-refractivity contribution in [2.45, 2.75) is 6.54 Å². The summed E-state index contributed by atoms with van der Waals surface area (Å²) >= 11 is 11.2. The van der Waals surface area contributed by atoms with Crippen LogP contribution in [0.25, 0.3) is 0 Å². The molecule has 0 heterocycles. The Morgan fingerprint density at radius 1 is 1.53 bits per heavy atom. The van der Waals surface area contributed by atoms with E-state index in [9.17, 15) is 4.79 Å². The number of benzene rings is 1. The molecule has 5 heteroatoms. The molecule has 0 aliphatic carbocycles. The number of hydrogen-bond acceptors (Lipinski definition) is 2. The van der Waals surface area contributed by atoms with Gasteiger partial charge in [0.1, 0.15) is 18.2 Å². The molecule has 90 valence electrons. The van der Waals surface area contributed by atoms with E-state index in [0.29, 0.717) is 17.3 Å². The van der Waals surface area contributed by atoms with Crippen LogP contribution < -0.4 is 10.1 Å². The third kappa shape index (κ3) is 4.56. The number of nitrogens with one attached hydrogen (secondary N) is 1. The van der Waals surface area contributed by atoms with Gasteiger partial charge in [-0.05, 0) is 18.2 Å². The number of ether oxygens (including phenoxy) is 1. The zero-order chi connectivity index (χ0) is 12.7. The van der Waals surface area contributed by atoms with E-state index in [0.717, 1.165) is 5.56 Å². The molecule has 0 unspecified atom stereocenters. The maximum atomic E-state index is 11.0. The average molecular weight is 272 g/mol. The van der Waals surface area contributed by atoms with Gasteiger partial charge < -0.3 is 10.1 Å². The quantitative estimate of drug-likeness (QED) is 0.659. The predicted molar refractivity (Wildman–Crippen MR) is 68.3 cm³/mol. The molecule has 0 atom stereocenters. The molecular formula is C12H11Cl2NO2. The van der Waals surface area contributed by atoms with Gasteiger partial charge in [0.25, 0.3) is 0 Å². The second kappa shape index (κ2) is 7.05. The van der Waals surface area contributed by atoms with E-state index in [1.807, 2.05) is 0 Å². The number of terminal acetylenes is 1. The highest BCUT2D eigenvalue weighted by Gasteiger charge is 2.06. The van der Waals surface area contributed by atoms with E-state index in [1.165, 1.54) is 0 Å². The lowest BCUT2D eigenvalue weighted by molar-refractivity contribution is -0.118. The summed E-state index contributed by atoms with van der Waals surface area (Å²) in [5, 5.41) is 3.19. The number of rotatable bonds is 5. The minimum atomic E-state index is -0.255. The number of hydrogen-bond donors (Lipinski definition) is 1. The van der Waals surface area contributed by atoms with Gasteiger partial charge in [-0.3, -0.25) is 4.79 Å². The smallest absolute Gasteiger partial charge is 0.235 e.